The van der Waals surface area contributed by atoms with Crippen LogP contribution in [0.4, 0.5) is 13.2 Å². The molecule has 0 fully saturated rings. The molecule has 0 atom stereocenters. The van der Waals surface area contributed by atoms with E-state index in [0.29, 0.717) is 11.4 Å². The SMILES string of the molecule is O=C(NN=Cc1cccn1-c1cccc(C(F)(F)F)c1)c1cccnc1Cl. The Morgan fingerprint density at radius 1 is 1.19 bits per heavy atom. The predicted octanol–water partition coefficient (Wildman–Crippen LogP) is 4.31. The Balaban J connectivity index is 1.79. The van der Waals surface area contributed by atoms with Crippen LogP contribution >= 0.6 is 11.6 Å². The Kier molecular flexibility index (Phi) is 5.27. The molecule has 1 amide bonds. The van der Waals surface area contributed by atoms with Crippen molar-refractivity contribution in [2.24, 2.45) is 5.10 Å². The van der Waals surface area contributed by atoms with Gasteiger partial charge in [0.25, 0.3) is 5.91 Å². The number of alkyl halides is 3. The number of hydrogen-bond acceptors (Lipinski definition) is 3. The maximum Gasteiger partial charge on any atom is 0.416 e. The van der Waals surface area contributed by atoms with Crippen LogP contribution in [0.15, 0.2) is 66.0 Å². The summed E-state index contributed by atoms with van der Waals surface area (Å²) in [6.07, 6.45) is -0.0716. The van der Waals surface area contributed by atoms with E-state index in [1.807, 2.05) is 0 Å². The number of carbonyl (C=O) groups is 1. The molecule has 0 radical (unpaired) electrons. The summed E-state index contributed by atoms with van der Waals surface area (Å²) < 4.78 is 40.2. The van der Waals surface area contributed by atoms with E-state index >= 15 is 0 Å². The van der Waals surface area contributed by atoms with Crippen LogP contribution in [-0.2, 0) is 6.18 Å². The normalized spacial score (nSPS) is 11.7. The number of nitrogens with one attached hydrogen (secondary N) is 1. The van der Waals surface area contributed by atoms with Crippen molar-refractivity contribution in [2.75, 3.05) is 0 Å². The molecule has 3 rings (SSSR count). The van der Waals surface area contributed by atoms with Crippen molar-refractivity contribution >= 4 is 23.7 Å². The number of benzene rings is 1. The van der Waals surface area contributed by atoms with Crippen molar-refractivity contribution in [2.45, 2.75) is 6.18 Å². The molecule has 0 saturated carbocycles. The monoisotopic (exact) mass is 392 g/mol. The maximum atomic E-state index is 12.9. The number of nitrogens with zero attached hydrogens (tertiary/aromatic N) is 3. The van der Waals surface area contributed by atoms with Gasteiger partial charge in [-0.3, -0.25) is 4.79 Å². The van der Waals surface area contributed by atoms with Gasteiger partial charge in [-0.25, -0.2) is 10.4 Å². The zero-order chi connectivity index (χ0) is 19.4. The van der Waals surface area contributed by atoms with Gasteiger partial charge in [-0.2, -0.15) is 18.3 Å². The van der Waals surface area contributed by atoms with Gasteiger partial charge in [0.2, 0.25) is 0 Å². The van der Waals surface area contributed by atoms with E-state index in [4.69, 9.17) is 11.6 Å². The fourth-order valence-corrected chi connectivity index (χ4v) is 2.54. The average Bonchev–Trinajstić information content (AvgIpc) is 3.10. The lowest BCUT2D eigenvalue weighted by atomic mass is 10.2. The van der Waals surface area contributed by atoms with Crippen LogP contribution in [0.2, 0.25) is 5.15 Å². The Morgan fingerprint density at radius 3 is 2.74 bits per heavy atom. The van der Waals surface area contributed by atoms with Crippen LogP contribution in [-0.4, -0.2) is 21.7 Å². The van der Waals surface area contributed by atoms with Crippen LogP contribution in [0.3, 0.4) is 0 Å². The number of halogens is 4. The second-order valence-electron chi connectivity index (χ2n) is 5.39. The van der Waals surface area contributed by atoms with Crippen LogP contribution in [0.5, 0.6) is 0 Å². The molecule has 9 heteroatoms. The fourth-order valence-electron chi connectivity index (χ4n) is 2.34. The molecule has 3 aromatic rings. The van der Waals surface area contributed by atoms with E-state index in [9.17, 15) is 18.0 Å². The Morgan fingerprint density at radius 2 is 2.00 bits per heavy atom. The Bertz CT molecular complexity index is 998. The molecule has 27 heavy (non-hydrogen) atoms. The summed E-state index contributed by atoms with van der Waals surface area (Å²) in [6, 6.07) is 11.2. The standard InChI is InChI=1S/C18H12ClF3N4O/c19-16-15(7-2-8-23-16)17(27)25-24-11-14-6-3-9-26(14)13-5-1-4-12(10-13)18(20,21)22/h1-11H,(H,25,27). The number of pyridine rings is 1. The van der Waals surface area contributed by atoms with E-state index in [2.05, 4.69) is 15.5 Å². The van der Waals surface area contributed by atoms with Crippen molar-refractivity contribution in [3.05, 3.63) is 82.9 Å². The van der Waals surface area contributed by atoms with Crippen molar-refractivity contribution in [3.63, 3.8) is 0 Å². The molecule has 1 N–H and O–H groups in total. The van der Waals surface area contributed by atoms with Gasteiger partial charge in [-0.1, -0.05) is 17.7 Å². The Hall–Kier alpha value is -3.13. The predicted molar refractivity (Wildman–Crippen MR) is 95.1 cm³/mol. The lowest BCUT2D eigenvalue weighted by Gasteiger charge is -2.11. The zero-order valence-corrected chi connectivity index (χ0v) is 14.4. The molecule has 0 aliphatic rings. The van der Waals surface area contributed by atoms with Crippen LogP contribution in [0.25, 0.3) is 5.69 Å². The third-order valence-electron chi connectivity index (χ3n) is 3.60. The van der Waals surface area contributed by atoms with Crippen LogP contribution < -0.4 is 5.43 Å². The molecule has 0 bridgehead atoms. The number of aromatic nitrogens is 2. The second kappa shape index (κ2) is 7.63. The van der Waals surface area contributed by atoms with Gasteiger partial charge >= 0.3 is 6.18 Å². The maximum absolute atomic E-state index is 12.9. The summed E-state index contributed by atoms with van der Waals surface area (Å²) in [5.41, 5.74) is 2.50. The minimum Gasteiger partial charge on any atom is -0.316 e. The summed E-state index contributed by atoms with van der Waals surface area (Å²) in [5.74, 6) is -0.554. The van der Waals surface area contributed by atoms with E-state index in [-0.39, 0.29) is 10.7 Å². The van der Waals surface area contributed by atoms with Crippen molar-refractivity contribution in [1.29, 1.82) is 0 Å². The highest BCUT2D eigenvalue weighted by Gasteiger charge is 2.30. The first-order valence-electron chi connectivity index (χ1n) is 7.65. The summed E-state index contributed by atoms with van der Waals surface area (Å²) in [6.45, 7) is 0. The highest BCUT2D eigenvalue weighted by molar-refractivity contribution is 6.32. The first-order valence-corrected chi connectivity index (χ1v) is 8.03. The van der Waals surface area contributed by atoms with Crippen molar-refractivity contribution in [3.8, 4) is 5.69 Å². The highest BCUT2D eigenvalue weighted by Crippen LogP contribution is 2.30. The zero-order valence-electron chi connectivity index (χ0n) is 13.6. The first-order chi connectivity index (χ1) is 12.9. The van der Waals surface area contributed by atoms with Crippen molar-refractivity contribution < 1.29 is 18.0 Å². The first kappa shape index (κ1) is 18.7. The molecule has 2 aromatic heterocycles. The summed E-state index contributed by atoms with van der Waals surface area (Å²) in [5, 5.41) is 3.87. The molecular weight excluding hydrogens is 381 g/mol. The molecule has 138 valence electrons. The number of hydrogen-bond donors (Lipinski definition) is 1. The summed E-state index contributed by atoms with van der Waals surface area (Å²) in [7, 11) is 0. The van der Waals surface area contributed by atoms with Gasteiger partial charge in [-0.15, -0.1) is 0 Å². The van der Waals surface area contributed by atoms with Gasteiger partial charge in [-0.05, 0) is 42.5 Å². The molecule has 5 nitrogen and oxygen atoms in total. The van der Waals surface area contributed by atoms with Gasteiger partial charge < -0.3 is 4.57 Å². The fraction of sp³-hybridized carbons (Fsp3) is 0.0556. The highest BCUT2D eigenvalue weighted by atomic mass is 35.5. The van der Waals surface area contributed by atoms with Crippen LogP contribution in [0, 0.1) is 0 Å². The molecule has 0 aliphatic carbocycles. The van der Waals surface area contributed by atoms with Crippen molar-refractivity contribution in [1.82, 2.24) is 15.0 Å². The number of carbonyl (C=O) groups excluding carboxylic acids is 1. The molecule has 0 spiro atoms. The topological polar surface area (TPSA) is 59.3 Å². The third kappa shape index (κ3) is 4.35. The van der Waals surface area contributed by atoms with E-state index in [1.165, 1.54) is 29.1 Å². The minimum absolute atomic E-state index is 0.0394. The molecule has 0 aliphatic heterocycles. The number of rotatable bonds is 4. The minimum atomic E-state index is -4.44. The van der Waals surface area contributed by atoms with E-state index in [0.717, 1.165) is 12.1 Å². The summed E-state index contributed by atoms with van der Waals surface area (Å²) in [4.78, 5) is 15.8. The van der Waals surface area contributed by atoms with E-state index < -0.39 is 17.6 Å². The van der Waals surface area contributed by atoms with E-state index in [1.54, 1.807) is 30.5 Å². The lowest BCUT2D eigenvalue weighted by molar-refractivity contribution is -0.137. The summed E-state index contributed by atoms with van der Waals surface area (Å²) >= 11 is 5.83. The molecule has 0 saturated heterocycles. The quantitative estimate of drug-likeness (QED) is 0.408. The Labute approximate surface area is 157 Å². The third-order valence-corrected chi connectivity index (χ3v) is 3.90. The molecular formula is C18H12ClF3N4O. The largest absolute Gasteiger partial charge is 0.416 e. The van der Waals surface area contributed by atoms with Crippen LogP contribution in [0.1, 0.15) is 21.6 Å². The second-order valence-corrected chi connectivity index (χ2v) is 5.75. The van der Waals surface area contributed by atoms with Gasteiger partial charge in [0.1, 0.15) is 5.15 Å². The smallest absolute Gasteiger partial charge is 0.316 e. The molecule has 2 heterocycles. The lowest BCUT2D eigenvalue weighted by Crippen LogP contribution is -2.18. The van der Waals surface area contributed by atoms with Gasteiger partial charge in [0.15, 0.2) is 0 Å². The number of hydrazone groups is 1. The average molecular weight is 393 g/mol. The molecule has 0 unspecified atom stereocenters. The van der Waals surface area contributed by atoms with Gasteiger partial charge in [0.05, 0.1) is 23.0 Å². The van der Waals surface area contributed by atoms with Gasteiger partial charge in [0, 0.05) is 18.1 Å². The molecule has 1 aromatic carbocycles. The number of amides is 1.